The highest BCUT2D eigenvalue weighted by Gasteiger charge is 2.27. The highest BCUT2D eigenvalue weighted by Crippen LogP contribution is 2.27. The Morgan fingerprint density at radius 1 is 1.35 bits per heavy atom. The number of aromatic nitrogens is 3. The first-order valence-corrected chi connectivity index (χ1v) is 8.09. The molecule has 0 radical (unpaired) electrons. The third kappa shape index (κ3) is 2.63. The van der Waals surface area contributed by atoms with Crippen molar-refractivity contribution in [1.82, 2.24) is 19.9 Å². The van der Waals surface area contributed by atoms with Gasteiger partial charge in [-0.05, 0) is 43.5 Å². The highest BCUT2D eigenvalue weighted by molar-refractivity contribution is 5.92. The van der Waals surface area contributed by atoms with Gasteiger partial charge in [-0.25, -0.2) is 4.98 Å². The Hall–Kier alpha value is -2.56. The minimum absolute atomic E-state index is 0.0823. The van der Waals surface area contributed by atoms with Crippen molar-refractivity contribution in [3.8, 4) is 0 Å². The van der Waals surface area contributed by atoms with E-state index in [2.05, 4.69) is 9.97 Å². The Morgan fingerprint density at radius 3 is 3.00 bits per heavy atom. The molecule has 2 N–H and O–H groups in total. The van der Waals surface area contributed by atoms with Crippen LogP contribution in [0.3, 0.4) is 0 Å². The summed E-state index contributed by atoms with van der Waals surface area (Å²) in [7, 11) is 0. The molecule has 4 rings (SSSR count). The molecule has 1 aliphatic heterocycles. The normalized spacial score (nSPS) is 18.5. The molecule has 5 nitrogen and oxygen atoms in total. The van der Waals surface area contributed by atoms with Crippen molar-refractivity contribution in [3.05, 3.63) is 53.6 Å². The fraction of sp³-hybridized carbons (Fsp3) is 0.333. The molecule has 1 amide bonds. The maximum absolute atomic E-state index is 12.6. The number of fused-ring (bicyclic) bond motifs is 1. The zero-order chi connectivity index (χ0) is 15.8. The van der Waals surface area contributed by atoms with Crippen LogP contribution in [0.15, 0.2) is 36.5 Å². The number of aromatic amines is 2. The van der Waals surface area contributed by atoms with Crippen LogP contribution in [0.4, 0.5) is 0 Å². The van der Waals surface area contributed by atoms with Crippen molar-refractivity contribution < 1.29 is 4.79 Å². The van der Waals surface area contributed by atoms with Gasteiger partial charge in [0.2, 0.25) is 0 Å². The third-order valence-electron chi connectivity index (χ3n) is 4.56. The summed E-state index contributed by atoms with van der Waals surface area (Å²) in [5, 5.41) is 0. The molecule has 0 saturated carbocycles. The van der Waals surface area contributed by atoms with Gasteiger partial charge in [0.15, 0.2) is 0 Å². The average molecular weight is 308 g/mol. The van der Waals surface area contributed by atoms with Crippen molar-refractivity contribution >= 4 is 16.9 Å². The van der Waals surface area contributed by atoms with E-state index in [1.54, 1.807) is 0 Å². The molecule has 1 aromatic carbocycles. The van der Waals surface area contributed by atoms with E-state index >= 15 is 0 Å². The molecular weight excluding hydrogens is 288 g/mol. The predicted octanol–water partition coefficient (Wildman–Crippen LogP) is 3.22. The summed E-state index contributed by atoms with van der Waals surface area (Å²) in [5.41, 5.74) is 3.81. The van der Waals surface area contributed by atoms with Gasteiger partial charge in [-0.1, -0.05) is 12.1 Å². The first kappa shape index (κ1) is 14.1. The molecule has 118 valence electrons. The van der Waals surface area contributed by atoms with Gasteiger partial charge in [-0.3, -0.25) is 4.79 Å². The number of rotatable bonds is 2. The lowest BCUT2D eigenvalue weighted by Crippen LogP contribution is -2.39. The van der Waals surface area contributed by atoms with Crippen molar-refractivity contribution in [2.45, 2.75) is 25.7 Å². The van der Waals surface area contributed by atoms with Crippen molar-refractivity contribution in [1.29, 1.82) is 0 Å². The minimum atomic E-state index is 0.0823. The van der Waals surface area contributed by atoms with Crippen LogP contribution in [0.25, 0.3) is 11.0 Å². The second-order valence-corrected chi connectivity index (χ2v) is 6.32. The number of amides is 1. The number of likely N-dealkylation sites (tertiary alicyclic amines) is 1. The maximum atomic E-state index is 12.6. The molecule has 1 fully saturated rings. The largest absolute Gasteiger partial charge is 0.357 e. The standard InChI is InChI=1S/C18H20N4O/c1-12-9-16(19-10-12)18(23)22-8-4-5-13(11-22)17-20-14-6-2-3-7-15(14)21-17/h2-3,6-7,9-10,13,19H,4-5,8,11H2,1H3,(H,20,21)/t13-/m0/s1. The lowest BCUT2D eigenvalue weighted by molar-refractivity contribution is 0.0699. The molecule has 5 heteroatoms. The number of carbonyl (C=O) groups excluding carboxylic acids is 1. The van der Waals surface area contributed by atoms with E-state index in [1.165, 1.54) is 0 Å². The summed E-state index contributed by atoms with van der Waals surface area (Å²) in [4.78, 5) is 25.7. The number of aryl methyl sites for hydroxylation is 1. The molecule has 0 aliphatic carbocycles. The predicted molar refractivity (Wildman–Crippen MR) is 89.5 cm³/mol. The number of nitrogens with zero attached hydrogens (tertiary/aromatic N) is 2. The monoisotopic (exact) mass is 308 g/mol. The van der Waals surface area contributed by atoms with Crippen LogP contribution in [-0.4, -0.2) is 38.8 Å². The average Bonchev–Trinajstić information content (AvgIpc) is 3.20. The van der Waals surface area contributed by atoms with Crippen LogP contribution >= 0.6 is 0 Å². The molecule has 3 heterocycles. The second kappa shape index (κ2) is 5.57. The summed E-state index contributed by atoms with van der Waals surface area (Å²) in [6.45, 7) is 3.52. The Balaban J connectivity index is 1.55. The number of carbonyl (C=O) groups is 1. The molecule has 0 unspecified atom stereocenters. The van der Waals surface area contributed by atoms with Crippen LogP contribution < -0.4 is 0 Å². The van der Waals surface area contributed by atoms with Gasteiger partial charge in [-0.15, -0.1) is 0 Å². The molecule has 1 atom stereocenters. The maximum Gasteiger partial charge on any atom is 0.270 e. The highest BCUT2D eigenvalue weighted by atomic mass is 16.2. The van der Waals surface area contributed by atoms with Crippen LogP contribution in [0.5, 0.6) is 0 Å². The minimum Gasteiger partial charge on any atom is -0.357 e. The summed E-state index contributed by atoms with van der Waals surface area (Å²) in [6.07, 6.45) is 3.94. The van der Waals surface area contributed by atoms with Gasteiger partial charge >= 0.3 is 0 Å². The number of benzene rings is 1. The van der Waals surface area contributed by atoms with Crippen molar-refractivity contribution in [2.24, 2.45) is 0 Å². The lowest BCUT2D eigenvalue weighted by Gasteiger charge is -2.31. The number of hydrogen-bond donors (Lipinski definition) is 2. The third-order valence-corrected chi connectivity index (χ3v) is 4.56. The van der Waals surface area contributed by atoms with Crippen LogP contribution in [0.2, 0.25) is 0 Å². The Morgan fingerprint density at radius 2 is 2.22 bits per heavy atom. The zero-order valence-electron chi connectivity index (χ0n) is 13.2. The summed E-state index contributed by atoms with van der Waals surface area (Å²) in [6, 6.07) is 9.97. The molecule has 1 aliphatic rings. The molecule has 0 spiro atoms. The van der Waals surface area contributed by atoms with E-state index in [0.717, 1.165) is 48.4 Å². The van der Waals surface area contributed by atoms with E-state index in [9.17, 15) is 4.79 Å². The van der Waals surface area contributed by atoms with E-state index in [-0.39, 0.29) is 11.8 Å². The summed E-state index contributed by atoms with van der Waals surface area (Å²) < 4.78 is 0. The summed E-state index contributed by atoms with van der Waals surface area (Å²) in [5.74, 6) is 1.35. The van der Waals surface area contributed by atoms with E-state index < -0.39 is 0 Å². The SMILES string of the molecule is Cc1c[nH]c(C(=O)N2CCC[C@H](c3nc4ccccc4[nH]3)C2)c1. The van der Waals surface area contributed by atoms with Gasteiger partial charge in [0, 0.05) is 25.2 Å². The second-order valence-electron chi connectivity index (χ2n) is 6.32. The molecule has 3 aromatic rings. The first-order chi connectivity index (χ1) is 11.2. The number of H-pyrrole nitrogens is 2. The molecular formula is C18H20N4O. The van der Waals surface area contributed by atoms with Gasteiger partial charge in [0.05, 0.1) is 11.0 Å². The number of para-hydroxylation sites is 2. The van der Waals surface area contributed by atoms with Gasteiger partial charge in [0.1, 0.15) is 11.5 Å². The Kier molecular flexibility index (Phi) is 3.41. The lowest BCUT2D eigenvalue weighted by atomic mass is 9.97. The topological polar surface area (TPSA) is 64.8 Å². The van der Waals surface area contributed by atoms with Crippen molar-refractivity contribution in [2.75, 3.05) is 13.1 Å². The van der Waals surface area contributed by atoms with Crippen LogP contribution in [0, 0.1) is 6.92 Å². The van der Waals surface area contributed by atoms with Gasteiger partial charge < -0.3 is 14.9 Å². The van der Waals surface area contributed by atoms with Gasteiger partial charge in [0.25, 0.3) is 5.91 Å². The van der Waals surface area contributed by atoms with E-state index in [1.807, 2.05) is 48.4 Å². The fourth-order valence-corrected chi connectivity index (χ4v) is 3.35. The Labute approximate surface area is 134 Å². The quantitative estimate of drug-likeness (QED) is 0.763. The Bertz CT molecular complexity index is 814. The fourth-order valence-electron chi connectivity index (χ4n) is 3.35. The smallest absolute Gasteiger partial charge is 0.270 e. The van der Waals surface area contributed by atoms with E-state index in [0.29, 0.717) is 5.69 Å². The van der Waals surface area contributed by atoms with Crippen molar-refractivity contribution in [3.63, 3.8) is 0 Å². The molecule has 23 heavy (non-hydrogen) atoms. The molecule has 0 bridgehead atoms. The summed E-state index contributed by atoms with van der Waals surface area (Å²) >= 11 is 0. The molecule has 2 aromatic heterocycles. The van der Waals surface area contributed by atoms with Crippen LogP contribution in [-0.2, 0) is 0 Å². The van der Waals surface area contributed by atoms with Crippen LogP contribution in [0.1, 0.15) is 40.6 Å². The number of piperidine rings is 1. The number of nitrogens with one attached hydrogen (secondary N) is 2. The zero-order valence-corrected chi connectivity index (χ0v) is 13.2. The number of hydrogen-bond acceptors (Lipinski definition) is 2. The first-order valence-electron chi connectivity index (χ1n) is 8.09. The van der Waals surface area contributed by atoms with Gasteiger partial charge in [-0.2, -0.15) is 0 Å². The van der Waals surface area contributed by atoms with E-state index in [4.69, 9.17) is 4.98 Å². The molecule has 1 saturated heterocycles. The number of imidazole rings is 1.